The van der Waals surface area contributed by atoms with Gasteiger partial charge in [-0.1, -0.05) is 0 Å². The SMILES string of the molecule is CC(CN1CCOCC1)NCCS(N)(=O)=O. The third-order valence-corrected chi connectivity index (χ3v) is 3.29. The van der Waals surface area contributed by atoms with E-state index in [0.29, 0.717) is 6.54 Å². The van der Waals surface area contributed by atoms with Crippen molar-refractivity contribution in [2.45, 2.75) is 13.0 Å². The van der Waals surface area contributed by atoms with Crippen molar-refractivity contribution in [1.82, 2.24) is 10.2 Å². The van der Waals surface area contributed by atoms with Crippen LogP contribution in [0, 0.1) is 0 Å². The number of hydrogen-bond donors (Lipinski definition) is 2. The van der Waals surface area contributed by atoms with Gasteiger partial charge in [-0.3, -0.25) is 4.90 Å². The van der Waals surface area contributed by atoms with Gasteiger partial charge in [0.2, 0.25) is 10.0 Å². The van der Waals surface area contributed by atoms with Crippen LogP contribution in [0.2, 0.25) is 0 Å². The van der Waals surface area contributed by atoms with E-state index >= 15 is 0 Å². The Kier molecular flexibility index (Phi) is 5.63. The first-order valence-corrected chi connectivity index (χ1v) is 7.23. The van der Waals surface area contributed by atoms with E-state index in [2.05, 4.69) is 10.2 Å². The van der Waals surface area contributed by atoms with E-state index in [0.717, 1.165) is 32.8 Å². The van der Waals surface area contributed by atoms with E-state index in [9.17, 15) is 8.42 Å². The highest BCUT2D eigenvalue weighted by molar-refractivity contribution is 7.89. The summed E-state index contributed by atoms with van der Waals surface area (Å²) in [5, 5.41) is 8.06. The summed E-state index contributed by atoms with van der Waals surface area (Å²) in [6, 6.07) is 0.264. The Balaban J connectivity index is 2.12. The van der Waals surface area contributed by atoms with E-state index in [1.54, 1.807) is 0 Å². The highest BCUT2D eigenvalue weighted by atomic mass is 32.2. The lowest BCUT2D eigenvalue weighted by Crippen LogP contribution is -2.45. The van der Waals surface area contributed by atoms with E-state index in [1.165, 1.54) is 0 Å². The Labute approximate surface area is 97.2 Å². The van der Waals surface area contributed by atoms with Crippen molar-refractivity contribution >= 4 is 10.0 Å². The molecule has 1 atom stereocenters. The minimum Gasteiger partial charge on any atom is -0.379 e. The Morgan fingerprint density at radius 1 is 1.44 bits per heavy atom. The molecule has 1 heterocycles. The number of nitrogens with zero attached hydrogens (tertiary/aromatic N) is 1. The molecule has 0 aliphatic carbocycles. The average Bonchev–Trinajstić information content (AvgIpc) is 2.17. The topological polar surface area (TPSA) is 84.7 Å². The van der Waals surface area contributed by atoms with Gasteiger partial charge in [0.05, 0.1) is 19.0 Å². The summed E-state index contributed by atoms with van der Waals surface area (Å²) in [4.78, 5) is 2.30. The lowest BCUT2D eigenvalue weighted by Gasteiger charge is -2.29. The van der Waals surface area contributed by atoms with Crippen LogP contribution in [0.3, 0.4) is 0 Å². The normalized spacial score (nSPS) is 20.9. The largest absolute Gasteiger partial charge is 0.379 e. The Morgan fingerprint density at radius 3 is 2.62 bits per heavy atom. The van der Waals surface area contributed by atoms with Crippen LogP contribution in [0.25, 0.3) is 0 Å². The van der Waals surface area contributed by atoms with Crippen molar-refractivity contribution in [1.29, 1.82) is 0 Å². The monoisotopic (exact) mass is 251 g/mol. The van der Waals surface area contributed by atoms with Gasteiger partial charge in [0.1, 0.15) is 0 Å². The van der Waals surface area contributed by atoms with Gasteiger partial charge in [0.25, 0.3) is 0 Å². The quantitative estimate of drug-likeness (QED) is 0.605. The second-order valence-corrected chi connectivity index (χ2v) is 5.87. The molecule has 96 valence electrons. The molecule has 1 unspecified atom stereocenters. The Morgan fingerprint density at radius 2 is 2.06 bits per heavy atom. The smallest absolute Gasteiger partial charge is 0.210 e. The fraction of sp³-hybridized carbons (Fsp3) is 1.00. The van der Waals surface area contributed by atoms with Gasteiger partial charge in [-0.2, -0.15) is 0 Å². The van der Waals surface area contributed by atoms with Gasteiger partial charge < -0.3 is 10.1 Å². The van der Waals surface area contributed by atoms with Crippen LogP contribution in [0.1, 0.15) is 6.92 Å². The van der Waals surface area contributed by atoms with Gasteiger partial charge >= 0.3 is 0 Å². The maximum absolute atomic E-state index is 10.7. The molecule has 1 saturated heterocycles. The summed E-state index contributed by atoms with van der Waals surface area (Å²) in [5.41, 5.74) is 0. The van der Waals surface area contributed by atoms with Crippen LogP contribution in [-0.2, 0) is 14.8 Å². The minimum absolute atomic E-state index is 0.0134. The van der Waals surface area contributed by atoms with Crippen molar-refractivity contribution < 1.29 is 13.2 Å². The predicted molar refractivity (Wildman–Crippen MR) is 62.7 cm³/mol. The number of nitrogens with one attached hydrogen (secondary N) is 1. The molecule has 0 aromatic heterocycles. The molecule has 1 fully saturated rings. The zero-order valence-electron chi connectivity index (χ0n) is 9.68. The molecule has 0 amide bonds. The summed E-state index contributed by atoms with van der Waals surface area (Å²) in [6.45, 7) is 6.81. The summed E-state index contributed by atoms with van der Waals surface area (Å²) >= 11 is 0. The minimum atomic E-state index is -3.35. The zero-order chi connectivity index (χ0) is 12.0. The van der Waals surface area contributed by atoms with Crippen molar-refractivity contribution in [2.24, 2.45) is 5.14 Å². The fourth-order valence-corrected chi connectivity index (χ4v) is 2.09. The van der Waals surface area contributed by atoms with Gasteiger partial charge in [0.15, 0.2) is 0 Å². The molecular weight excluding hydrogens is 230 g/mol. The number of hydrogen-bond acceptors (Lipinski definition) is 5. The number of rotatable bonds is 6. The Bertz CT molecular complexity index is 288. The number of morpholine rings is 1. The molecule has 0 aromatic rings. The number of sulfonamides is 1. The summed E-state index contributed by atoms with van der Waals surface area (Å²) in [7, 11) is -3.35. The molecule has 1 rings (SSSR count). The molecule has 0 spiro atoms. The first-order valence-electron chi connectivity index (χ1n) is 5.51. The maximum Gasteiger partial charge on any atom is 0.210 e. The number of ether oxygens (including phenoxy) is 1. The summed E-state index contributed by atoms with van der Waals surface area (Å²) in [6.07, 6.45) is 0. The van der Waals surface area contributed by atoms with Crippen LogP contribution in [0.15, 0.2) is 0 Å². The molecule has 16 heavy (non-hydrogen) atoms. The van der Waals surface area contributed by atoms with Crippen LogP contribution >= 0.6 is 0 Å². The molecule has 1 aliphatic rings. The molecule has 7 heteroatoms. The van der Waals surface area contributed by atoms with Crippen molar-refractivity contribution in [3.05, 3.63) is 0 Å². The summed E-state index contributed by atoms with van der Waals surface area (Å²) < 4.78 is 26.7. The van der Waals surface area contributed by atoms with E-state index < -0.39 is 10.0 Å². The standard InChI is InChI=1S/C9H21N3O3S/c1-9(11-2-7-16(10,13)14)8-12-3-5-15-6-4-12/h9,11H,2-8H2,1H3,(H2,10,13,14). The zero-order valence-corrected chi connectivity index (χ0v) is 10.5. The van der Waals surface area contributed by atoms with E-state index in [4.69, 9.17) is 9.88 Å². The highest BCUT2D eigenvalue weighted by Crippen LogP contribution is 1.98. The molecule has 6 nitrogen and oxygen atoms in total. The van der Waals surface area contributed by atoms with Crippen LogP contribution < -0.4 is 10.5 Å². The fourth-order valence-electron chi connectivity index (χ4n) is 1.68. The van der Waals surface area contributed by atoms with Gasteiger partial charge in [-0.15, -0.1) is 0 Å². The second-order valence-electron chi connectivity index (χ2n) is 4.14. The lowest BCUT2D eigenvalue weighted by molar-refractivity contribution is 0.0345. The van der Waals surface area contributed by atoms with Crippen LogP contribution in [-0.4, -0.2) is 64.5 Å². The molecule has 0 saturated carbocycles. The molecule has 1 aliphatic heterocycles. The lowest BCUT2D eigenvalue weighted by atomic mass is 10.3. The molecule has 0 aromatic carbocycles. The van der Waals surface area contributed by atoms with Gasteiger partial charge in [-0.25, -0.2) is 13.6 Å². The van der Waals surface area contributed by atoms with Crippen molar-refractivity contribution in [2.75, 3.05) is 45.1 Å². The molecule has 3 N–H and O–H groups in total. The van der Waals surface area contributed by atoms with Crippen LogP contribution in [0.5, 0.6) is 0 Å². The third-order valence-electron chi connectivity index (χ3n) is 2.52. The average molecular weight is 251 g/mol. The Hall–Kier alpha value is -0.210. The highest BCUT2D eigenvalue weighted by Gasteiger charge is 2.13. The predicted octanol–water partition coefficient (Wildman–Crippen LogP) is -1.41. The molecule has 0 bridgehead atoms. The van der Waals surface area contributed by atoms with Crippen molar-refractivity contribution in [3.8, 4) is 0 Å². The first-order chi connectivity index (χ1) is 7.47. The second kappa shape index (κ2) is 6.51. The molecule has 0 radical (unpaired) electrons. The van der Waals surface area contributed by atoms with Gasteiger partial charge in [0, 0.05) is 32.2 Å². The first kappa shape index (κ1) is 13.9. The third kappa shape index (κ3) is 6.39. The van der Waals surface area contributed by atoms with Crippen molar-refractivity contribution in [3.63, 3.8) is 0 Å². The number of primary sulfonamides is 1. The van der Waals surface area contributed by atoms with Gasteiger partial charge in [-0.05, 0) is 6.92 Å². The maximum atomic E-state index is 10.7. The number of nitrogens with two attached hydrogens (primary N) is 1. The van der Waals surface area contributed by atoms with E-state index in [1.807, 2.05) is 6.92 Å². The summed E-state index contributed by atoms with van der Waals surface area (Å²) in [5.74, 6) is -0.0134. The van der Waals surface area contributed by atoms with E-state index in [-0.39, 0.29) is 11.8 Å². The van der Waals surface area contributed by atoms with Crippen LogP contribution in [0.4, 0.5) is 0 Å². The molecular formula is C9H21N3O3S.